The summed E-state index contributed by atoms with van der Waals surface area (Å²) in [5.74, 6) is -0.169. The lowest BCUT2D eigenvalue weighted by atomic mass is 9.96. The van der Waals surface area contributed by atoms with E-state index in [1.807, 2.05) is 13.0 Å². The number of aryl methyl sites for hydroxylation is 2. The Balaban J connectivity index is 2.36. The van der Waals surface area contributed by atoms with Crippen LogP contribution in [0.2, 0.25) is 0 Å². The Kier molecular flexibility index (Phi) is 4.72. The second-order valence-corrected chi connectivity index (χ2v) is 5.99. The van der Waals surface area contributed by atoms with E-state index in [0.29, 0.717) is 0 Å². The number of thiophene rings is 1. The van der Waals surface area contributed by atoms with Gasteiger partial charge in [-0.2, -0.15) is 0 Å². The molecule has 3 heteroatoms. The number of halogens is 1. The summed E-state index contributed by atoms with van der Waals surface area (Å²) in [5.41, 5.74) is 3.43. The van der Waals surface area contributed by atoms with Crippen molar-refractivity contribution in [1.82, 2.24) is 5.32 Å². The first-order valence-electron chi connectivity index (χ1n) is 6.66. The molecule has 0 spiro atoms. The van der Waals surface area contributed by atoms with Crippen LogP contribution in [0.5, 0.6) is 0 Å². The maximum absolute atomic E-state index is 13.3. The van der Waals surface area contributed by atoms with Gasteiger partial charge in [0.15, 0.2) is 0 Å². The van der Waals surface area contributed by atoms with E-state index in [4.69, 9.17) is 0 Å². The average molecular weight is 277 g/mol. The topological polar surface area (TPSA) is 12.0 Å². The zero-order valence-corrected chi connectivity index (χ0v) is 12.5. The summed E-state index contributed by atoms with van der Waals surface area (Å²) in [5, 5.41) is 5.75. The predicted octanol–water partition coefficient (Wildman–Crippen LogP) is 4.59. The van der Waals surface area contributed by atoms with Crippen LogP contribution in [0.3, 0.4) is 0 Å². The molecule has 1 nitrogen and oxygen atoms in total. The molecule has 0 fully saturated rings. The lowest BCUT2D eigenvalue weighted by molar-refractivity contribution is 0.591. The molecule has 19 heavy (non-hydrogen) atoms. The molecule has 1 unspecified atom stereocenters. The van der Waals surface area contributed by atoms with Gasteiger partial charge in [-0.15, -0.1) is 11.3 Å². The van der Waals surface area contributed by atoms with Gasteiger partial charge in [-0.3, -0.25) is 0 Å². The fourth-order valence-electron chi connectivity index (χ4n) is 2.27. The van der Waals surface area contributed by atoms with Gasteiger partial charge >= 0.3 is 0 Å². The molecule has 0 aliphatic heterocycles. The number of hydrogen-bond acceptors (Lipinski definition) is 2. The van der Waals surface area contributed by atoms with Gasteiger partial charge in [0.25, 0.3) is 0 Å². The molecule has 2 rings (SSSR count). The minimum atomic E-state index is -0.169. The molecular formula is C16H20FNS. The largest absolute Gasteiger partial charge is 0.306 e. The minimum Gasteiger partial charge on any atom is -0.306 e. The summed E-state index contributed by atoms with van der Waals surface area (Å²) < 4.78 is 13.3. The van der Waals surface area contributed by atoms with E-state index in [1.54, 1.807) is 23.5 Å². The third kappa shape index (κ3) is 3.43. The molecule has 0 aliphatic carbocycles. The van der Waals surface area contributed by atoms with Crippen molar-refractivity contribution < 1.29 is 4.39 Å². The van der Waals surface area contributed by atoms with Gasteiger partial charge < -0.3 is 5.32 Å². The summed E-state index contributed by atoms with van der Waals surface area (Å²) in [6.07, 6.45) is 1.08. The van der Waals surface area contributed by atoms with Crippen LogP contribution in [0.4, 0.5) is 4.39 Å². The third-order valence-electron chi connectivity index (χ3n) is 3.23. The molecule has 102 valence electrons. The van der Waals surface area contributed by atoms with Crippen molar-refractivity contribution in [3.05, 3.63) is 57.0 Å². The highest BCUT2D eigenvalue weighted by Crippen LogP contribution is 2.28. The molecule has 1 aromatic heterocycles. The number of hydrogen-bond donors (Lipinski definition) is 1. The van der Waals surface area contributed by atoms with Gasteiger partial charge in [-0.05, 0) is 67.1 Å². The van der Waals surface area contributed by atoms with E-state index in [2.05, 4.69) is 30.6 Å². The van der Waals surface area contributed by atoms with Gasteiger partial charge in [0, 0.05) is 4.88 Å². The molecule has 1 aromatic carbocycles. The summed E-state index contributed by atoms with van der Waals surface area (Å²) in [6.45, 7) is 7.19. The van der Waals surface area contributed by atoms with Gasteiger partial charge in [0.1, 0.15) is 5.82 Å². The quantitative estimate of drug-likeness (QED) is 0.842. The molecule has 0 bridgehead atoms. The van der Waals surface area contributed by atoms with E-state index in [0.717, 1.165) is 24.1 Å². The predicted molar refractivity (Wildman–Crippen MR) is 80.3 cm³/mol. The normalized spacial score (nSPS) is 12.6. The second kappa shape index (κ2) is 6.31. The van der Waals surface area contributed by atoms with E-state index in [1.165, 1.54) is 10.4 Å². The standard InChI is InChI=1S/C16H20FNS/c1-4-7-18-16(13-9-12(3)19-10-13)15-6-5-14(17)8-11(15)2/h5-6,8-10,16,18H,4,7H2,1-3H3. The fourth-order valence-corrected chi connectivity index (χ4v) is 3.00. The molecule has 0 aliphatic rings. The highest BCUT2D eigenvalue weighted by Gasteiger charge is 2.16. The van der Waals surface area contributed by atoms with Crippen LogP contribution >= 0.6 is 11.3 Å². The van der Waals surface area contributed by atoms with Crippen LogP contribution in [-0.2, 0) is 0 Å². The van der Waals surface area contributed by atoms with Crippen molar-refractivity contribution in [2.75, 3.05) is 6.54 Å². The zero-order valence-electron chi connectivity index (χ0n) is 11.7. The summed E-state index contributed by atoms with van der Waals surface area (Å²) in [4.78, 5) is 1.30. The fraction of sp³-hybridized carbons (Fsp3) is 0.375. The number of nitrogens with one attached hydrogen (secondary N) is 1. The molecule has 0 saturated heterocycles. The van der Waals surface area contributed by atoms with Crippen LogP contribution < -0.4 is 5.32 Å². The molecule has 0 amide bonds. The lowest BCUT2D eigenvalue weighted by Gasteiger charge is -2.20. The maximum atomic E-state index is 13.3. The van der Waals surface area contributed by atoms with Gasteiger partial charge in [-0.25, -0.2) is 4.39 Å². The molecule has 1 heterocycles. The second-order valence-electron chi connectivity index (χ2n) is 4.88. The number of benzene rings is 1. The van der Waals surface area contributed by atoms with E-state index >= 15 is 0 Å². The van der Waals surface area contributed by atoms with E-state index in [9.17, 15) is 4.39 Å². The highest BCUT2D eigenvalue weighted by atomic mass is 32.1. The molecule has 2 aromatic rings. The summed E-state index contributed by atoms with van der Waals surface area (Å²) in [7, 11) is 0. The summed E-state index contributed by atoms with van der Waals surface area (Å²) >= 11 is 1.76. The maximum Gasteiger partial charge on any atom is 0.123 e. The SMILES string of the molecule is CCCNC(c1csc(C)c1)c1ccc(F)cc1C. The van der Waals surface area contributed by atoms with Gasteiger partial charge in [-0.1, -0.05) is 13.0 Å². The average Bonchev–Trinajstić information content (AvgIpc) is 2.78. The van der Waals surface area contributed by atoms with Crippen LogP contribution in [0, 0.1) is 19.7 Å². The van der Waals surface area contributed by atoms with Crippen molar-refractivity contribution in [3.8, 4) is 0 Å². The Morgan fingerprint density at radius 1 is 1.26 bits per heavy atom. The molecular weight excluding hydrogens is 257 g/mol. The van der Waals surface area contributed by atoms with Gasteiger partial charge in [0.2, 0.25) is 0 Å². The first kappa shape index (κ1) is 14.2. The van der Waals surface area contributed by atoms with Gasteiger partial charge in [0.05, 0.1) is 6.04 Å². The van der Waals surface area contributed by atoms with Crippen LogP contribution in [0.25, 0.3) is 0 Å². The lowest BCUT2D eigenvalue weighted by Crippen LogP contribution is -2.23. The Morgan fingerprint density at radius 3 is 2.63 bits per heavy atom. The first-order valence-corrected chi connectivity index (χ1v) is 7.54. The molecule has 1 N–H and O–H groups in total. The Labute approximate surface area is 118 Å². The first-order chi connectivity index (χ1) is 9.11. The molecule has 1 atom stereocenters. The minimum absolute atomic E-state index is 0.158. The number of rotatable bonds is 5. The van der Waals surface area contributed by atoms with Crippen molar-refractivity contribution >= 4 is 11.3 Å². The van der Waals surface area contributed by atoms with E-state index < -0.39 is 0 Å². The monoisotopic (exact) mass is 277 g/mol. The summed E-state index contributed by atoms with van der Waals surface area (Å²) in [6, 6.07) is 7.41. The van der Waals surface area contributed by atoms with Crippen LogP contribution in [0.15, 0.2) is 29.6 Å². The molecule has 0 saturated carbocycles. The van der Waals surface area contributed by atoms with Crippen LogP contribution in [0.1, 0.15) is 41.0 Å². The third-order valence-corrected chi connectivity index (χ3v) is 4.11. The van der Waals surface area contributed by atoms with Crippen molar-refractivity contribution in [3.63, 3.8) is 0 Å². The Bertz CT molecular complexity index is 547. The zero-order chi connectivity index (χ0) is 13.8. The van der Waals surface area contributed by atoms with Crippen molar-refractivity contribution in [2.24, 2.45) is 0 Å². The van der Waals surface area contributed by atoms with Crippen molar-refractivity contribution in [2.45, 2.75) is 33.2 Å². The molecule has 0 radical (unpaired) electrons. The Hall–Kier alpha value is -1.19. The van der Waals surface area contributed by atoms with Crippen LogP contribution in [-0.4, -0.2) is 6.54 Å². The van der Waals surface area contributed by atoms with Crippen molar-refractivity contribution in [1.29, 1.82) is 0 Å². The van der Waals surface area contributed by atoms with E-state index in [-0.39, 0.29) is 11.9 Å². The highest BCUT2D eigenvalue weighted by molar-refractivity contribution is 7.10. The smallest absolute Gasteiger partial charge is 0.123 e. The Morgan fingerprint density at radius 2 is 2.05 bits per heavy atom.